The van der Waals surface area contributed by atoms with E-state index in [4.69, 9.17) is 62.9 Å². The Morgan fingerprint density at radius 1 is 0.437 bits per heavy atom. The number of nitrogens with zero attached hydrogens (tertiary/aromatic N) is 2. The Bertz CT molecular complexity index is 6380. The third-order valence-electron chi connectivity index (χ3n) is 17.4. The summed E-state index contributed by atoms with van der Waals surface area (Å²) in [4.78, 5) is 0. The van der Waals surface area contributed by atoms with Crippen LogP contribution in [-0.4, -0.2) is 174 Å². The van der Waals surface area contributed by atoms with E-state index in [1.54, 1.807) is 68.6 Å². The molecule has 4 N–H and O–H groups in total. The third-order valence-corrected chi connectivity index (χ3v) is 25.5. The van der Waals surface area contributed by atoms with Crippen molar-refractivity contribution in [2.45, 2.75) is 111 Å². The van der Waals surface area contributed by atoms with Crippen molar-refractivity contribution in [2.24, 2.45) is 0 Å². The van der Waals surface area contributed by atoms with Gasteiger partial charge in [-0.3, -0.25) is 13.2 Å². The van der Waals surface area contributed by atoms with Crippen LogP contribution in [0.15, 0.2) is 271 Å². The molecule has 48 heteroatoms. The normalized spacial score (nSPS) is 11.8. The molecule has 0 atom stereocenters. The molecule has 10 aromatic carbocycles. The highest BCUT2D eigenvalue weighted by molar-refractivity contribution is 9.11. The molecule has 0 amide bonds. The Morgan fingerprint density at radius 2 is 0.789 bits per heavy atom. The number of benzene rings is 10. The quantitative estimate of drug-likeness (QED) is 0.00808. The van der Waals surface area contributed by atoms with Gasteiger partial charge in [0, 0.05) is 103 Å². The third kappa shape index (κ3) is 50.3. The van der Waals surface area contributed by atoms with Crippen molar-refractivity contribution in [3.05, 3.63) is 310 Å². The van der Waals surface area contributed by atoms with E-state index in [1.807, 2.05) is 191 Å². The number of hydrogen-bond donors (Lipinski definition) is 3. The van der Waals surface area contributed by atoms with Crippen molar-refractivity contribution < 1.29 is 138 Å². The van der Waals surface area contributed by atoms with Crippen LogP contribution in [-0.2, 0) is 130 Å². The molecular formula is C94H109Br5Cl2F6N4O25S6. The highest BCUT2D eigenvalue weighted by atomic mass is 79.9. The SMILES string of the molecule is Brc1cc2c(cc1OCc1ccccc1)CC=C2.CCOC(CN(c1ccc(Br)c(OCc2ccccc2)c1)S(C)(=O)=O)OCC.CCOC(CO)OCC.CCOC(COS(=O)(=O)C(F)(F)F)OCC.CS(=O)(=O)Cl.CS(=O)(=O)Nc1ccc(Br)c(OCc2ccccc2)c1.CS(=O)(=O)n1ccc2cc(Br)c(OCc3ccccc3)cc21.Nc1ccc(Br)c(OCc2ccccc2)c1.O=S(=O)(Cl)C(F)(F)F. The van der Waals surface area contributed by atoms with Crippen molar-refractivity contribution >= 4 is 193 Å². The Balaban J connectivity index is 0.000000343. The molecule has 782 valence electrons. The molecule has 0 unspecified atom stereocenters. The summed E-state index contributed by atoms with van der Waals surface area (Å²) in [5, 5.41) is 9.38. The molecule has 142 heavy (non-hydrogen) atoms. The van der Waals surface area contributed by atoms with E-state index in [-0.39, 0.29) is 26.4 Å². The number of allylic oxidation sites excluding steroid dienone is 1. The van der Waals surface area contributed by atoms with Crippen LogP contribution in [0.4, 0.5) is 43.4 Å². The number of hydrogen-bond acceptors (Lipinski definition) is 26. The summed E-state index contributed by atoms with van der Waals surface area (Å²) in [6.07, 6.45) is 9.05. The number of halogens is 13. The minimum Gasteiger partial charge on any atom is -0.488 e. The molecule has 0 aliphatic heterocycles. The number of sulfonamides is 2. The second-order valence-corrected chi connectivity index (χ2v) is 45.7. The van der Waals surface area contributed by atoms with Crippen LogP contribution in [0, 0.1) is 0 Å². The predicted octanol–water partition coefficient (Wildman–Crippen LogP) is 22.5. The fraction of sp³-hybridized carbons (Fsp3) is 0.319. The van der Waals surface area contributed by atoms with E-state index < -0.39 is 94.8 Å². The van der Waals surface area contributed by atoms with E-state index >= 15 is 0 Å². The predicted molar refractivity (Wildman–Crippen MR) is 559 cm³/mol. The minimum atomic E-state index is -5.59. The molecule has 0 fully saturated rings. The van der Waals surface area contributed by atoms with Gasteiger partial charge >= 0.3 is 30.2 Å². The maximum atomic E-state index is 12.4. The van der Waals surface area contributed by atoms with E-state index in [0.29, 0.717) is 99.3 Å². The largest absolute Gasteiger partial charge is 0.523 e. The van der Waals surface area contributed by atoms with E-state index in [0.717, 1.165) is 86.7 Å². The summed E-state index contributed by atoms with van der Waals surface area (Å²) in [5.41, 5.74) is 5.25. The van der Waals surface area contributed by atoms with Gasteiger partial charge in [0.05, 0.1) is 77.4 Å². The molecule has 0 bridgehead atoms. The van der Waals surface area contributed by atoms with Crippen molar-refractivity contribution in [1.82, 2.24) is 3.97 Å². The topological polar surface area (TPSA) is 382 Å². The molecule has 0 saturated heterocycles. The summed E-state index contributed by atoms with van der Waals surface area (Å²) in [6.45, 7) is 14.4. The van der Waals surface area contributed by atoms with Gasteiger partial charge in [-0.05, 0) is 227 Å². The van der Waals surface area contributed by atoms with Crippen molar-refractivity contribution in [1.29, 1.82) is 0 Å². The van der Waals surface area contributed by atoms with Gasteiger partial charge in [0.25, 0.3) is 0 Å². The molecule has 0 radical (unpaired) electrons. The first-order valence-corrected chi connectivity index (χ1v) is 58.2. The maximum absolute atomic E-state index is 12.4. The van der Waals surface area contributed by atoms with E-state index in [1.165, 1.54) is 31.2 Å². The zero-order valence-corrected chi connectivity index (χ0v) is 92.5. The average Bonchev–Trinajstić information content (AvgIpc) is 1.61. The number of fused-ring (bicyclic) bond motifs is 2. The minimum absolute atomic E-state index is 0.0558. The second-order valence-electron chi connectivity index (χ2n) is 28.7. The first-order valence-electron chi connectivity index (χ1n) is 42.3. The van der Waals surface area contributed by atoms with Gasteiger partial charge < -0.3 is 62.9 Å². The molecule has 12 rings (SSSR count). The molecule has 1 aliphatic carbocycles. The number of rotatable bonds is 38. The molecular weight excluding hydrogens is 2360 g/mol. The first kappa shape index (κ1) is 126. The van der Waals surface area contributed by atoms with Gasteiger partial charge in [0.1, 0.15) is 68.4 Å². The second kappa shape index (κ2) is 63.4. The average molecular weight is 2470 g/mol. The molecule has 1 aromatic heterocycles. The fourth-order valence-electron chi connectivity index (χ4n) is 11.2. The van der Waals surface area contributed by atoms with Gasteiger partial charge in [-0.1, -0.05) is 164 Å². The summed E-state index contributed by atoms with van der Waals surface area (Å²) in [6, 6.07) is 74.9. The number of nitrogen functional groups attached to an aromatic ring is 1. The van der Waals surface area contributed by atoms with Crippen LogP contribution < -0.4 is 38.4 Å². The maximum Gasteiger partial charge on any atom is 0.523 e. The number of ether oxygens (including phenoxy) is 11. The molecule has 0 spiro atoms. The Labute approximate surface area is 876 Å². The highest BCUT2D eigenvalue weighted by Crippen LogP contribution is 2.38. The number of alkyl halides is 6. The Morgan fingerprint density at radius 3 is 1.15 bits per heavy atom. The fourth-order valence-corrected chi connectivity index (χ4v) is 15.9. The number of aliphatic hydroxyl groups excluding tert-OH is 1. The zero-order chi connectivity index (χ0) is 106. The summed E-state index contributed by atoms with van der Waals surface area (Å²) < 4.78 is 270. The first-order chi connectivity index (χ1) is 66.7. The van der Waals surface area contributed by atoms with Crippen LogP contribution in [0.3, 0.4) is 0 Å². The molecule has 1 heterocycles. The highest BCUT2D eigenvalue weighted by Gasteiger charge is 2.48. The number of nitrogens with two attached hydrogens (primary N) is 1. The lowest BCUT2D eigenvalue weighted by Gasteiger charge is -2.27. The van der Waals surface area contributed by atoms with Crippen LogP contribution in [0.5, 0.6) is 28.7 Å². The Kier molecular flexibility index (Phi) is 56.3. The molecule has 1 aliphatic rings. The van der Waals surface area contributed by atoms with Crippen molar-refractivity contribution in [3.8, 4) is 28.7 Å². The zero-order valence-electron chi connectivity index (χ0n) is 78.2. The van der Waals surface area contributed by atoms with Gasteiger partial charge in [0.15, 0.2) is 18.9 Å². The molecule has 29 nitrogen and oxygen atoms in total. The van der Waals surface area contributed by atoms with Gasteiger partial charge in [-0.2, -0.15) is 34.8 Å². The van der Waals surface area contributed by atoms with Crippen LogP contribution in [0.2, 0.25) is 0 Å². The van der Waals surface area contributed by atoms with Crippen LogP contribution in [0.25, 0.3) is 17.0 Å². The van der Waals surface area contributed by atoms with Crippen molar-refractivity contribution in [3.63, 3.8) is 0 Å². The van der Waals surface area contributed by atoms with Gasteiger partial charge in [-0.25, -0.2) is 46.1 Å². The Hall–Kier alpha value is -8.18. The summed E-state index contributed by atoms with van der Waals surface area (Å²) in [7, 11) is -16.0. The standard InChI is InChI=1S/C20H26BrNO5S.C16H14BrNO3S.C16H13BrO.C14H14BrNO3S.C13H12BrNO.C7H13F3O5S.C6H14O3.CClF3O2S.CH3ClO2S/c1-4-25-20(26-5-2)14-22(28(3,23)24)17-11-12-18(21)19(13-17)27-15-16-9-7-6-8-10-16;1-22(19,20)18-8-7-13-9-14(17)16(10-15(13)18)21-11-12-5-3-2-4-6-12;17-15-9-13-7-4-8-14(13)10-16(15)18-11-12-5-2-1-3-6-12;1-20(17,18)16-12-7-8-13(15)14(9-12)19-10-11-5-3-2-4-6-11;14-12-7-6-11(15)8-13(12)16-9-10-4-2-1-3-5-10;1-3-13-6(14-4-2)5-15-16(11,12)7(8,9)10;1-3-8-6(5-7)9-4-2;2-8(6,7)1(3,4)5;1-5(2,3)4/h6-13,20H,4-5,14-15H2,1-3H3;2-10H,11H2,1H3;1-7,9-10H,8,11H2;2-9,16H,10H2,1H3;1-8H,9,15H2;6H,3-5H2,1-2H3;6-7H,3-5H2,1-2H3;;1H3. The number of aromatic nitrogens is 1. The van der Waals surface area contributed by atoms with Crippen molar-refractivity contribution in [2.75, 3.05) is 99.2 Å². The lowest BCUT2D eigenvalue weighted by molar-refractivity contribution is -0.156. The van der Waals surface area contributed by atoms with Crippen LogP contribution in [0.1, 0.15) is 80.5 Å². The van der Waals surface area contributed by atoms with Gasteiger partial charge in [0.2, 0.25) is 39.1 Å². The van der Waals surface area contributed by atoms with E-state index in [9.17, 15) is 76.8 Å². The smallest absolute Gasteiger partial charge is 0.488 e. The lowest BCUT2D eigenvalue weighted by atomic mass is 10.1. The molecule has 0 saturated carbocycles. The summed E-state index contributed by atoms with van der Waals surface area (Å²) >= 11 is 17.3. The van der Waals surface area contributed by atoms with Crippen LogP contribution >= 0.6 is 101 Å². The lowest BCUT2D eigenvalue weighted by Crippen LogP contribution is -2.39. The molecule has 11 aromatic rings. The number of aliphatic hydroxyl groups is 1. The number of nitrogens with one attached hydrogen (secondary N) is 1. The summed E-state index contributed by atoms with van der Waals surface area (Å²) in [5.74, 6) is 3.44. The number of anilines is 3. The monoisotopic (exact) mass is 2460 g/mol. The van der Waals surface area contributed by atoms with Gasteiger partial charge in [-0.15, -0.1) is 0 Å². The van der Waals surface area contributed by atoms with E-state index in [2.05, 4.69) is 146 Å².